The third-order valence-corrected chi connectivity index (χ3v) is 4.69. The topological polar surface area (TPSA) is 20.3 Å². The van der Waals surface area contributed by atoms with E-state index < -0.39 is 0 Å². The maximum Gasteiger partial charge on any atom is 0.257 e. The van der Waals surface area contributed by atoms with Gasteiger partial charge in [-0.15, -0.1) is 0 Å². The molecule has 19 heavy (non-hydrogen) atoms. The van der Waals surface area contributed by atoms with Crippen molar-refractivity contribution in [2.45, 2.75) is 45.1 Å². The van der Waals surface area contributed by atoms with Crippen LogP contribution >= 0.6 is 0 Å². The lowest BCUT2D eigenvalue weighted by molar-refractivity contribution is 0.0685. The summed E-state index contributed by atoms with van der Waals surface area (Å²) in [4.78, 5) is 14.5. The molecule has 1 aromatic carbocycles. The second kappa shape index (κ2) is 4.95. The molecule has 102 valence electrons. The van der Waals surface area contributed by atoms with Gasteiger partial charge in [0.15, 0.2) is 0 Å². The molecule has 0 radical (unpaired) electrons. The number of halogens is 1. The third-order valence-electron chi connectivity index (χ3n) is 4.69. The lowest BCUT2D eigenvalue weighted by atomic mass is 9.85. The van der Waals surface area contributed by atoms with E-state index in [1.165, 1.54) is 19.3 Å². The van der Waals surface area contributed by atoms with Gasteiger partial charge in [0.2, 0.25) is 0 Å². The van der Waals surface area contributed by atoms with Crippen LogP contribution in [-0.4, -0.2) is 23.4 Å². The smallest absolute Gasteiger partial charge is 0.257 e. The van der Waals surface area contributed by atoms with E-state index in [0.717, 1.165) is 19.4 Å². The molecule has 0 spiro atoms. The minimum absolute atomic E-state index is 0.115. The van der Waals surface area contributed by atoms with Gasteiger partial charge in [-0.05, 0) is 43.7 Å². The molecule has 1 heterocycles. The Morgan fingerprint density at radius 1 is 1.26 bits per heavy atom. The SMILES string of the molecule is Cc1cccc(C(=O)N2CCC3CCCCC32)c1F. The predicted molar refractivity (Wildman–Crippen MR) is 72.5 cm³/mol. The van der Waals surface area contributed by atoms with E-state index in [1.54, 1.807) is 25.1 Å². The zero-order valence-electron chi connectivity index (χ0n) is 11.4. The van der Waals surface area contributed by atoms with E-state index in [2.05, 4.69) is 0 Å². The largest absolute Gasteiger partial charge is 0.335 e. The normalized spacial score (nSPS) is 26.3. The Morgan fingerprint density at radius 3 is 2.89 bits per heavy atom. The first-order valence-electron chi connectivity index (χ1n) is 7.24. The van der Waals surface area contributed by atoms with E-state index in [-0.39, 0.29) is 17.3 Å². The summed E-state index contributed by atoms with van der Waals surface area (Å²) in [5.41, 5.74) is 0.788. The summed E-state index contributed by atoms with van der Waals surface area (Å²) in [6.45, 7) is 2.50. The van der Waals surface area contributed by atoms with Crippen molar-refractivity contribution in [3.8, 4) is 0 Å². The molecule has 0 N–H and O–H groups in total. The fraction of sp³-hybridized carbons (Fsp3) is 0.562. The summed E-state index contributed by atoms with van der Waals surface area (Å²) < 4.78 is 14.1. The highest BCUT2D eigenvalue weighted by atomic mass is 19.1. The molecule has 1 saturated carbocycles. The average molecular weight is 261 g/mol. The second-order valence-electron chi connectivity index (χ2n) is 5.84. The van der Waals surface area contributed by atoms with Gasteiger partial charge in [-0.3, -0.25) is 4.79 Å². The monoisotopic (exact) mass is 261 g/mol. The van der Waals surface area contributed by atoms with Crippen molar-refractivity contribution in [3.05, 3.63) is 35.1 Å². The molecule has 3 heteroatoms. The van der Waals surface area contributed by atoms with E-state index in [1.807, 2.05) is 4.90 Å². The molecular weight excluding hydrogens is 241 g/mol. The Hall–Kier alpha value is -1.38. The Kier molecular flexibility index (Phi) is 3.29. The highest BCUT2D eigenvalue weighted by Gasteiger charge is 2.38. The van der Waals surface area contributed by atoms with Crippen LogP contribution in [0.25, 0.3) is 0 Å². The molecule has 1 aliphatic heterocycles. The Labute approximate surface area is 113 Å². The first-order chi connectivity index (χ1) is 9.18. The number of hydrogen-bond acceptors (Lipinski definition) is 1. The van der Waals surface area contributed by atoms with Gasteiger partial charge in [0.05, 0.1) is 5.56 Å². The van der Waals surface area contributed by atoms with Crippen LogP contribution in [0.4, 0.5) is 4.39 Å². The van der Waals surface area contributed by atoms with E-state index >= 15 is 0 Å². The van der Waals surface area contributed by atoms with E-state index in [0.29, 0.717) is 17.5 Å². The van der Waals surface area contributed by atoms with Crippen LogP contribution in [0, 0.1) is 18.7 Å². The lowest BCUT2D eigenvalue weighted by Gasteiger charge is -2.31. The minimum Gasteiger partial charge on any atom is -0.335 e. The number of fused-ring (bicyclic) bond motifs is 1. The molecule has 1 aliphatic carbocycles. The molecule has 1 aromatic rings. The highest BCUT2D eigenvalue weighted by Crippen LogP contribution is 2.37. The van der Waals surface area contributed by atoms with Gasteiger partial charge in [0, 0.05) is 12.6 Å². The summed E-state index contributed by atoms with van der Waals surface area (Å²) in [5.74, 6) is 0.174. The molecular formula is C16H20FNO. The van der Waals surface area contributed by atoms with E-state index in [4.69, 9.17) is 0 Å². The number of hydrogen-bond donors (Lipinski definition) is 0. The van der Waals surface area contributed by atoms with Gasteiger partial charge in [-0.1, -0.05) is 25.0 Å². The summed E-state index contributed by atoms with van der Waals surface area (Å²) in [7, 11) is 0. The summed E-state index contributed by atoms with van der Waals surface area (Å²) in [6.07, 6.45) is 5.88. The number of benzene rings is 1. The number of likely N-dealkylation sites (tertiary alicyclic amines) is 1. The minimum atomic E-state index is -0.355. The molecule has 1 amide bonds. The van der Waals surface area contributed by atoms with Crippen LogP contribution in [0.1, 0.15) is 48.0 Å². The Morgan fingerprint density at radius 2 is 2.05 bits per heavy atom. The Balaban J connectivity index is 1.86. The third kappa shape index (κ3) is 2.15. The van der Waals surface area contributed by atoms with Crippen LogP contribution in [0.3, 0.4) is 0 Å². The van der Waals surface area contributed by atoms with E-state index in [9.17, 15) is 9.18 Å². The predicted octanol–water partition coefficient (Wildman–Crippen LogP) is 3.54. The number of carbonyl (C=O) groups excluding carboxylic acids is 1. The van der Waals surface area contributed by atoms with Crippen molar-refractivity contribution >= 4 is 5.91 Å². The van der Waals surface area contributed by atoms with Crippen LogP contribution in [0.15, 0.2) is 18.2 Å². The van der Waals surface area contributed by atoms with Gasteiger partial charge in [-0.2, -0.15) is 0 Å². The van der Waals surface area contributed by atoms with Gasteiger partial charge in [-0.25, -0.2) is 4.39 Å². The summed E-state index contributed by atoms with van der Waals surface area (Å²) in [6, 6.07) is 5.43. The zero-order valence-corrected chi connectivity index (χ0v) is 11.4. The van der Waals surface area contributed by atoms with Crippen LogP contribution < -0.4 is 0 Å². The van der Waals surface area contributed by atoms with Crippen molar-refractivity contribution < 1.29 is 9.18 Å². The van der Waals surface area contributed by atoms with Crippen molar-refractivity contribution in [2.24, 2.45) is 5.92 Å². The van der Waals surface area contributed by atoms with Crippen molar-refractivity contribution in [2.75, 3.05) is 6.54 Å². The van der Waals surface area contributed by atoms with Gasteiger partial charge in [0.25, 0.3) is 5.91 Å². The lowest BCUT2D eigenvalue weighted by Crippen LogP contribution is -2.39. The first-order valence-corrected chi connectivity index (χ1v) is 7.24. The quantitative estimate of drug-likeness (QED) is 0.757. The molecule has 1 saturated heterocycles. The molecule has 3 rings (SSSR count). The summed E-state index contributed by atoms with van der Waals surface area (Å²) in [5, 5.41) is 0. The number of carbonyl (C=O) groups is 1. The number of rotatable bonds is 1. The van der Waals surface area contributed by atoms with Crippen LogP contribution in [-0.2, 0) is 0 Å². The maximum atomic E-state index is 14.1. The highest BCUT2D eigenvalue weighted by molar-refractivity contribution is 5.95. The molecule has 2 atom stereocenters. The zero-order chi connectivity index (χ0) is 13.4. The van der Waals surface area contributed by atoms with Gasteiger partial charge in [0.1, 0.15) is 5.82 Å². The van der Waals surface area contributed by atoms with Gasteiger partial charge >= 0.3 is 0 Å². The summed E-state index contributed by atoms with van der Waals surface area (Å²) >= 11 is 0. The van der Waals surface area contributed by atoms with Crippen molar-refractivity contribution in [1.29, 1.82) is 0 Å². The first kappa shape index (κ1) is 12.6. The maximum absolute atomic E-state index is 14.1. The fourth-order valence-electron chi connectivity index (χ4n) is 3.63. The van der Waals surface area contributed by atoms with Crippen molar-refractivity contribution in [3.63, 3.8) is 0 Å². The van der Waals surface area contributed by atoms with Crippen molar-refractivity contribution in [1.82, 2.24) is 4.90 Å². The van der Waals surface area contributed by atoms with Gasteiger partial charge < -0.3 is 4.90 Å². The standard InChI is InChI=1S/C16H20FNO/c1-11-5-4-7-13(15(11)17)16(19)18-10-9-12-6-2-3-8-14(12)18/h4-5,7,12,14H,2-3,6,8-10H2,1H3. The number of aryl methyl sites for hydroxylation is 1. The average Bonchev–Trinajstić information content (AvgIpc) is 2.85. The molecule has 2 nitrogen and oxygen atoms in total. The molecule has 2 unspecified atom stereocenters. The molecule has 0 aromatic heterocycles. The second-order valence-corrected chi connectivity index (χ2v) is 5.84. The van der Waals surface area contributed by atoms with Crippen LogP contribution in [0.2, 0.25) is 0 Å². The number of nitrogens with zero attached hydrogens (tertiary/aromatic N) is 1. The Bertz CT molecular complexity index is 500. The van der Waals surface area contributed by atoms with Crippen LogP contribution in [0.5, 0.6) is 0 Å². The number of amides is 1. The molecule has 0 bridgehead atoms. The molecule has 2 fully saturated rings. The molecule has 2 aliphatic rings. The fourth-order valence-corrected chi connectivity index (χ4v) is 3.63.